The van der Waals surface area contributed by atoms with Crippen LogP contribution in [0.5, 0.6) is 0 Å². The Balaban J connectivity index is 2.08. The lowest BCUT2D eigenvalue weighted by molar-refractivity contribution is 0.249. The van der Waals surface area contributed by atoms with Crippen LogP contribution in [0.3, 0.4) is 0 Å². The van der Waals surface area contributed by atoms with Gasteiger partial charge >= 0.3 is 0 Å². The summed E-state index contributed by atoms with van der Waals surface area (Å²) in [5.74, 6) is 1.09. The quantitative estimate of drug-likeness (QED) is 0.896. The zero-order chi connectivity index (χ0) is 14.0. The fourth-order valence-electron chi connectivity index (χ4n) is 2.71. The molecule has 0 aliphatic heterocycles. The molecule has 1 aliphatic carbocycles. The summed E-state index contributed by atoms with van der Waals surface area (Å²) in [4.78, 5) is 0.894. The summed E-state index contributed by atoms with van der Waals surface area (Å²) < 4.78 is 27.9. The van der Waals surface area contributed by atoms with E-state index in [1.54, 1.807) is 12.1 Å². The summed E-state index contributed by atoms with van der Waals surface area (Å²) in [6, 6.07) is 3.49. The second-order valence-corrected chi connectivity index (χ2v) is 8.66. The molecule has 0 spiro atoms. The van der Waals surface area contributed by atoms with Gasteiger partial charge in [-0.1, -0.05) is 13.8 Å². The summed E-state index contributed by atoms with van der Waals surface area (Å²) >= 11 is 1.25. The van der Waals surface area contributed by atoms with E-state index in [0.717, 1.165) is 24.1 Å². The highest BCUT2D eigenvalue weighted by Crippen LogP contribution is 2.30. The van der Waals surface area contributed by atoms with Gasteiger partial charge in [0.15, 0.2) is 0 Å². The van der Waals surface area contributed by atoms with E-state index < -0.39 is 10.0 Å². The van der Waals surface area contributed by atoms with Crippen molar-refractivity contribution in [3.63, 3.8) is 0 Å². The number of thiophene rings is 1. The maximum absolute atomic E-state index is 12.3. The molecule has 1 saturated carbocycles. The van der Waals surface area contributed by atoms with Crippen molar-refractivity contribution in [2.45, 2.75) is 49.9 Å². The highest BCUT2D eigenvalue weighted by Gasteiger charge is 2.29. The molecule has 0 radical (unpaired) electrons. The third-order valence-electron chi connectivity index (χ3n) is 3.84. The zero-order valence-electron chi connectivity index (χ0n) is 11.4. The largest absolute Gasteiger partial charge is 0.326 e. The maximum atomic E-state index is 12.3. The first-order valence-corrected chi connectivity index (χ1v) is 9.03. The lowest BCUT2D eigenvalue weighted by Crippen LogP contribution is -2.42. The van der Waals surface area contributed by atoms with E-state index in [4.69, 9.17) is 5.73 Å². The van der Waals surface area contributed by atoms with Gasteiger partial charge in [0, 0.05) is 17.5 Å². The van der Waals surface area contributed by atoms with Crippen molar-refractivity contribution < 1.29 is 8.42 Å². The van der Waals surface area contributed by atoms with Crippen LogP contribution in [-0.4, -0.2) is 14.5 Å². The highest BCUT2D eigenvalue weighted by atomic mass is 32.2. The van der Waals surface area contributed by atoms with Crippen molar-refractivity contribution >= 4 is 21.4 Å². The molecule has 19 heavy (non-hydrogen) atoms. The fraction of sp³-hybridized carbons (Fsp3) is 0.692. The van der Waals surface area contributed by atoms with Crippen molar-refractivity contribution in [1.82, 2.24) is 4.72 Å². The van der Waals surface area contributed by atoms with Gasteiger partial charge in [0.25, 0.3) is 0 Å². The number of hydrogen-bond acceptors (Lipinski definition) is 4. The van der Waals surface area contributed by atoms with E-state index in [1.807, 2.05) is 0 Å². The van der Waals surface area contributed by atoms with Gasteiger partial charge in [-0.2, -0.15) is 0 Å². The van der Waals surface area contributed by atoms with Gasteiger partial charge in [0.2, 0.25) is 10.0 Å². The Bertz CT molecular complexity index is 525. The van der Waals surface area contributed by atoms with Gasteiger partial charge in [-0.05, 0) is 43.2 Å². The first-order valence-electron chi connectivity index (χ1n) is 6.73. The van der Waals surface area contributed by atoms with Crippen LogP contribution in [0, 0.1) is 11.8 Å². The van der Waals surface area contributed by atoms with Crippen molar-refractivity contribution in [2.24, 2.45) is 17.6 Å². The molecule has 0 saturated heterocycles. The number of nitrogens with one attached hydrogen (secondary N) is 1. The summed E-state index contributed by atoms with van der Waals surface area (Å²) in [5, 5.41) is 0. The highest BCUT2D eigenvalue weighted by molar-refractivity contribution is 7.91. The predicted molar refractivity (Wildman–Crippen MR) is 78.5 cm³/mol. The Kier molecular flexibility index (Phi) is 4.66. The molecule has 4 nitrogen and oxygen atoms in total. The van der Waals surface area contributed by atoms with Crippen molar-refractivity contribution in [2.75, 3.05) is 0 Å². The smallest absolute Gasteiger partial charge is 0.250 e. The number of hydrogen-bond donors (Lipinski definition) is 2. The molecule has 0 aromatic carbocycles. The van der Waals surface area contributed by atoms with Gasteiger partial charge in [-0.15, -0.1) is 11.3 Å². The van der Waals surface area contributed by atoms with Crippen LogP contribution in [0.1, 0.15) is 38.0 Å². The Morgan fingerprint density at radius 1 is 1.37 bits per heavy atom. The molecule has 1 aromatic rings. The lowest BCUT2D eigenvalue weighted by atomic mass is 9.80. The van der Waals surface area contributed by atoms with Crippen LogP contribution in [0.4, 0.5) is 0 Å². The molecule has 1 aromatic heterocycles. The van der Waals surface area contributed by atoms with Crippen LogP contribution in [0.25, 0.3) is 0 Å². The molecule has 2 rings (SSSR count). The Morgan fingerprint density at radius 3 is 2.68 bits per heavy atom. The average molecular weight is 302 g/mol. The summed E-state index contributed by atoms with van der Waals surface area (Å²) in [5.41, 5.74) is 5.52. The van der Waals surface area contributed by atoms with Crippen LogP contribution in [0.2, 0.25) is 0 Å². The second-order valence-electron chi connectivity index (χ2n) is 5.55. The van der Waals surface area contributed by atoms with Gasteiger partial charge in [-0.3, -0.25) is 0 Å². The van der Waals surface area contributed by atoms with Crippen LogP contribution < -0.4 is 10.5 Å². The summed E-state index contributed by atoms with van der Waals surface area (Å²) in [6.45, 7) is 4.74. The fourth-order valence-corrected chi connectivity index (χ4v) is 5.34. The van der Waals surface area contributed by atoms with Crippen molar-refractivity contribution in [3.8, 4) is 0 Å². The molecule has 3 N–H and O–H groups in total. The first kappa shape index (κ1) is 15.0. The van der Waals surface area contributed by atoms with Crippen LogP contribution >= 0.6 is 11.3 Å². The topological polar surface area (TPSA) is 72.2 Å². The molecule has 0 bridgehead atoms. The number of sulfonamides is 1. The summed E-state index contributed by atoms with van der Waals surface area (Å²) in [6.07, 6.45) is 3.11. The SMILES string of the molecule is CC1CCC(NS(=O)(=O)c2ccc(CN)s2)C(C)C1. The van der Waals surface area contributed by atoms with E-state index in [1.165, 1.54) is 11.3 Å². The second kappa shape index (κ2) is 5.91. The van der Waals surface area contributed by atoms with E-state index in [-0.39, 0.29) is 6.04 Å². The third-order valence-corrected chi connectivity index (χ3v) is 6.93. The number of rotatable bonds is 4. The molecule has 0 amide bonds. The maximum Gasteiger partial charge on any atom is 0.250 e. The van der Waals surface area contributed by atoms with Gasteiger partial charge in [0.05, 0.1) is 0 Å². The first-order chi connectivity index (χ1) is 8.92. The number of nitrogens with two attached hydrogens (primary N) is 1. The monoisotopic (exact) mass is 302 g/mol. The molecule has 1 heterocycles. The van der Waals surface area contributed by atoms with Crippen molar-refractivity contribution in [3.05, 3.63) is 17.0 Å². The summed E-state index contributed by atoms with van der Waals surface area (Å²) in [7, 11) is -3.39. The molecule has 3 atom stereocenters. The Hall–Kier alpha value is -0.430. The van der Waals surface area contributed by atoms with Gasteiger partial charge in [-0.25, -0.2) is 13.1 Å². The molecule has 3 unspecified atom stereocenters. The zero-order valence-corrected chi connectivity index (χ0v) is 13.1. The van der Waals surface area contributed by atoms with E-state index >= 15 is 0 Å². The molecule has 1 aliphatic rings. The van der Waals surface area contributed by atoms with Crippen molar-refractivity contribution in [1.29, 1.82) is 0 Å². The third kappa shape index (κ3) is 3.56. The van der Waals surface area contributed by atoms with E-state index in [9.17, 15) is 8.42 Å². The molecule has 108 valence electrons. The predicted octanol–water partition coefficient (Wildman–Crippen LogP) is 2.31. The van der Waals surface area contributed by atoms with E-state index in [2.05, 4.69) is 18.6 Å². The van der Waals surface area contributed by atoms with Crippen LogP contribution in [0.15, 0.2) is 16.3 Å². The van der Waals surface area contributed by atoms with E-state index in [0.29, 0.717) is 22.6 Å². The minimum atomic E-state index is -3.39. The Morgan fingerprint density at radius 2 is 2.11 bits per heavy atom. The van der Waals surface area contributed by atoms with Gasteiger partial charge < -0.3 is 5.73 Å². The average Bonchev–Trinajstić information content (AvgIpc) is 2.82. The van der Waals surface area contributed by atoms with Gasteiger partial charge in [0.1, 0.15) is 4.21 Å². The molecular formula is C13H22N2O2S2. The minimum Gasteiger partial charge on any atom is -0.326 e. The minimum absolute atomic E-state index is 0.0598. The lowest BCUT2D eigenvalue weighted by Gasteiger charge is -2.32. The molecule has 1 fully saturated rings. The Labute approximate surface area is 119 Å². The molecule has 6 heteroatoms. The molecular weight excluding hydrogens is 280 g/mol. The standard InChI is InChI=1S/C13H22N2O2S2/c1-9-3-5-12(10(2)7-9)15-19(16,17)13-6-4-11(8-14)18-13/h4,6,9-10,12,15H,3,5,7-8,14H2,1-2H3. The normalized spacial score (nSPS) is 28.5. The van der Waals surface area contributed by atoms with Crippen LogP contribution in [-0.2, 0) is 16.6 Å².